The molecule has 1 saturated carbocycles. The Hall–Kier alpha value is -2.60. The summed E-state index contributed by atoms with van der Waals surface area (Å²) in [5.74, 6) is -1.90. The fraction of sp³-hybridized carbons (Fsp3) is 0.409. The largest absolute Gasteiger partial charge is 0.454 e. The van der Waals surface area contributed by atoms with Crippen LogP contribution in [0.15, 0.2) is 47.4 Å². The lowest BCUT2D eigenvalue weighted by Crippen LogP contribution is -2.47. The van der Waals surface area contributed by atoms with E-state index in [9.17, 15) is 22.0 Å². The first-order valence-electron chi connectivity index (χ1n) is 10.6. The Labute approximate surface area is 191 Å². The number of sulfonamides is 1. The van der Waals surface area contributed by atoms with Crippen molar-refractivity contribution < 1.29 is 31.9 Å². The molecule has 0 aliphatic heterocycles. The van der Waals surface area contributed by atoms with Crippen molar-refractivity contribution in [3.05, 3.63) is 54.1 Å². The van der Waals surface area contributed by atoms with Crippen LogP contribution in [0.3, 0.4) is 0 Å². The number of benzene rings is 2. The third kappa shape index (κ3) is 6.70. The van der Waals surface area contributed by atoms with Gasteiger partial charge in [-0.1, -0.05) is 12.8 Å². The summed E-state index contributed by atoms with van der Waals surface area (Å²) in [4.78, 5) is 11.7. The number of hydrogen-bond donors (Lipinski definition) is 4. The number of ether oxygens (including phenoxy) is 1. The molecule has 0 aromatic heterocycles. The van der Waals surface area contributed by atoms with E-state index in [0.717, 1.165) is 56.0 Å². The molecule has 11 heteroatoms. The molecule has 8 nitrogen and oxygen atoms in total. The van der Waals surface area contributed by atoms with Crippen molar-refractivity contribution in [1.29, 1.82) is 0 Å². The van der Waals surface area contributed by atoms with Crippen LogP contribution in [-0.4, -0.2) is 32.1 Å². The first-order valence-corrected chi connectivity index (χ1v) is 12.1. The van der Waals surface area contributed by atoms with E-state index < -0.39 is 38.5 Å². The van der Waals surface area contributed by atoms with E-state index in [4.69, 9.17) is 15.7 Å². The molecule has 1 aliphatic rings. The molecule has 0 spiro atoms. The Morgan fingerprint density at radius 2 is 1.73 bits per heavy atom. The summed E-state index contributed by atoms with van der Waals surface area (Å²) >= 11 is 0. The maximum atomic E-state index is 14.5. The summed E-state index contributed by atoms with van der Waals surface area (Å²) in [7, 11) is -4.29. The van der Waals surface area contributed by atoms with Crippen molar-refractivity contribution in [2.45, 2.75) is 43.0 Å². The highest BCUT2D eigenvalue weighted by Gasteiger charge is 2.30. The highest BCUT2D eigenvalue weighted by Crippen LogP contribution is 2.32. The molecule has 1 fully saturated rings. The number of rotatable bonds is 9. The highest BCUT2D eigenvalue weighted by atomic mass is 32.2. The van der Waals surface area contributed by atoms with Crippen molar-refractivity contribution in [1.82, 2.24) is 10.2 Å². The maximum Gasteiger partial charge on any atom is 0.261 e. The lowest BCUT2D eigenvalue weighted by molar-refractivity contribution is -0.131. The lowest BCUT2D eigenvalue weighted by Gasteiger charge is -2.30. The van der Waals surface area contributed by atoms with Crippen molar-refractivity contribution in [2.75, 3.05) is 6.54 Å². The smallest absolute Gasteiger partial charge is 0.261 e. The van der Waals surface area contributed by atoms with Gasteiger partial charge >= 0.3 is 0 Å². The van der Waals surface area contributed by atoms with Crippen LogP contribution >= 0.6 is 0 Å². The van der Waals surface area contributed by atoms with Gasteiger partial charge in [-0.3, -0.25) is 10.0 Å². The number of hydroxylamine groups is 1. The van der Waals surface area contributed by atoms with Crippen LogP contribution < -0.4 is 20.7 Å². The molecule has 2 aromatic carbocycles. The van der Waals surface area contributed by atoms with Gasteiger partial charge in [0.25, 0.3) is 5.91 Å². The van der Waals surface area contributed by atoms with Crippen LogP contribution in [-0.2, 0) is 14.8 Å². The average molecular weight is 484 g/mol. The Kier molecular flexibility index (Phi) is 8.35. The van der Waals surface area contributed by atoms with Crippen molar-refractivity contribution >= 4 is 15.9 Å². The fourth-order valence-electron chi connectivity index (χ4n) is 3.94. The summed E-state index contributed by atoms with van der Waals surface area (Å²) in [6, 6.07) is 6.70. The van der Waals surface area contributed by atoms with Crippen LogP contribution in [0.4, 0.5) is 8.78 Å². The fourth-order valence-corrected chi connectivity index (χ4v) is 5.16. The Morgan fingerprint density at radius 1 is 1.09 bits per heavy atom. The second-order valence-electron chi connectivity index (χ2n) is 8.16. The zero-order valence-electron chi connectivity index (χ0n) is 17.8. The minimum Gasteiger partial charge on any atom is -0.454 e. The minimum absolute atomic E-state index is 0.0843. The standard InChI is InChI=1S/C22H27F2N3O5S/c23-16-5-7-17(8-6-16)32-21-10-9-18(12-19(21)24)33(30,31)27-20(22(28)26-29)11-14-1-3-15(13-25)4-2-14/h5-10,12,14-15,20,27,29H,1-4,11,13,25H2,(H,26,28)/t14?,15?,20-/m0/s1. The molecular weight excluding hydrogens is 456 g/mol. The molecule has 1 aliphatic carbocycles. The molecule has 3 rings (SSSR count). The van der Waals surface area contributed by atoms with Gasteiger partial charge in [-0.25, -0.2) is 22.7 Å². The van der Waals surface area contributed by atoms with Gasteiger partial charge in [-0.2, -0.15) is 4.72 Å². The second-order valence-corrected chi connectivity index (χ2v) is 9.87. The number of nitrogens with one attached hydrogen (secondary N) is 2. The molecular formula is C22H27F2N3O5S. The Morgan fingerprint density at radius 3 is 2.30 bits per heavy atom. The van der Waals surface area contributed by atoms with E-state index in [1.165, 1.54) is 17.6 Å². The Balaban J connectivity index is 1.71. The van der Waals surface area contributed by atoms with Gasteiger partial charge in [0, 0.05) is 0 Å². The van der Waals surface area contributed by atoms with E-state index in [2.05, 4.69) is 4.72 Å². The third-order valence-electron chi connectivity index (χ3n) is 5.85. The molecule has 0 bridgehead atoms. The van der Waals surface area contributed by atoms with Crippen LogP contribution in [0.2, 0.25) is 0 Å². The quantitative estimate of drug-likeness (QED) is 0.320. The van der Waals surface area contributed by atoms with Crippen molar-refractivity contribution in [2.24, 2.45) is 17.6 Å². The van der Waals surface area contributed by atoms with Gasteiger partial charge in [0.15, 0.2) is 11.6 Å². The number of amides is 1. The summed E-state index contributed by atoms with van der Waals surface area (Å²) < 4.78 is 60.8. The van der Waals surface area contributed by atoms with Crippen LogP contribution in [0, 0.1) is 23.5 Å². The molecule has 5 N–H and O–H groups in total. The molecule has 180 valence electrons. The van der Waals surface area contributed by atoms with E-state index >= 15 is 0 Å². The molecule has 1 amide bonds. The highest BCUT2D eigenvalue weighted by molar-refractivity contribution is 7.89. The van der Waals surface area contributed by atoms with Gasteiger partial charge in [-0.15, -0.1) is 0 Å². The normalized spacial score (nSPS) is 19.6. The average Bonchev–Trinajstić information content (AvgIpc) is 2.81. The lowest BCUT2D eigenvalue weighted by atomic mass is 9.79. The van der Waals surface area contributed by atoms with E-state index in [0.29, 0.717) is 12.5 Å². The summed E-state index contributed by atoms with van der Waals surface area (Å²) in [5, 5.41) is 9.07. The molecule has 0 unspecified atom stereocenters. The summed E-state index contributed by atoms with van der Waals surface area (Å²) in [5.41, 5.74) is 7.19. The van der Waals surface area contributed by atoms with E-state index in [-0.39, 0.29) is 23.8 Å². The van der Waals surface area contributed by atoms with Gasteiger partial charge < -0.3 is 10.5 Å². The zero-order valence-corrected chi connectivity index (χ0v) is 18.7. The Bertz CT molecular complexity index is 1060. The predicted molar refractivity (Wildman–Crippen MR) is 116 cm³/mol. The van der Waals surface area contributed by atoms with Gasteiger partial charge in [0.05, 0.1) is 4.90 Å². The number of halogens is 2. The first-order chi connectivity index (χ1) is 15.7. The number of hydrogen-bond acceptors (Lipinski definition) is 6. The topological polar surface area (TPSA) is 131 Å². The SMILES string of the molecule is NCC1CCC(C[C@H](NS(=O)(=O)c2ccc(Oc3ccc(F)cc3)c(F)c2)C(=O)NO)CC1. The van der Waals surface area contributed by atoms with Gasteiger partial charge in [-0.05, 0) is 80.1 Å². The van der Waals surface area contributed by atoms with Gasteiger partial charge in [0.1, 0.15) is 17.6 Å². The maximum absolute atomic E-state index is 14.5. The van der Waals surface area contributed by atoms with E-state index in [1.54, 1.807) is 0 Å². The number of nitrogens with two attached hydrogens (primary N) is 1. The summed E-state index contributed by atoms with van der Waals surface area (Å²) in [6.07, 6.45) is 3.56. The number of carbonyl (C=O) groups excluding carboxylic acids is 1. The van der Waals surface area contributed by atoms with Crippen LogP contribution in [0.25, 0.3) is 0 Å². The van der Waals surface area contributed by atoms with E-state index in [1.807, 2.05) is 0 Å². The van der Waals surface area contributed by atoms with Crippen molar-refractivity contribution in [3.8, 4) is 11.5 Å². The van der Waals surface area contributed by atoms with Crippen LogP contribution in [0.1, 0.15) is 32.1 Å². The minimum atomic E-state index is -4.29. The van der Waals surface area contributed by atoms with Crippen LogP contribution in [0.5, 0.6) is 11.5 Å². The second kappa shape index (κ2) is 11.0. The third-order valence-corrected chi connectivity index (χ3v) is 7.32. The molecule has 33 heavy (non-hydrogen) atoms. The molecule has 2 aromatic rings. The summed E-state index contributed by atoms with van der Waals surface area (Å²) in [6.45, 7) is 0.590. The first kappa shape index (κ1) is 25.0. The van der Waals surface area contributed by atoms with Crippen molar-refractivity contribution in [3.63, 3.8) is 0 Å². The molecule has 0 heterocycles. The van der Waals surface area contributed by atoms with Gasteiger partial charge in [0.2, 0.25) is 10.0 Å². The molecule has 1 atom stereocenters. The molecule has 0 radical (unpaired) electrons. The monoisotopic (exact) mass is 483 g/mol. The number of carbonyl (C=O) groups is 1. The predicted octanol–water partition coefficient (Wildman–Crippen LogP) is 3.06. The zero-order chi connectivity index (χ0) is 24.0. The molecule has 0 saturated heterocycles.